The maximum Gasteiger partial charge on any atom is 0.292 e. The molecule has 0 unspecified atom stereocenters. The Balaban J connectivity index is 1.57. The van der Waals surface area contributed by atoms with Gasteiger partial charge in [-0.3, -0.25) is 4.79 Å². The predicted molar refractivity (Wildman–Crippen MR) is 108 cm³/mol. The summed E-state index contributed by atoms with van der Waals surface area (Å²) in [6, 6.07) is 12.2. The first kappa shape index (κ1) is 19.4. The molecule has 1 aromatic carbocycles. The molecule has 0 atom stereocenters. The van der Waals surface area contributed by atoms with Gasteiger partial charge in [0.1, 0.15) is 5.82 Å². The Bertz CT molecular complexity index is 1140. The van der Waals surface area contributed by atoms with E-state index in [1.54, 1.807) is 10.7 Å². The van der Waals surface area contributed by atoms with Crippen LogP contribution in [0, 0.1) is 13.8 Å². The highest BCUT2D eigenvalue weighted by Gasteiger charge is 2.30. The van der Waals surface area contributed by atoms with Crippen LogP contribution in [-0.2, 0) is 10.0 Å². The molecule has 0 spiro atoms. The molecule has 29 heavy (non-hydrogen) atoms. The van der Waals surface area contributed by atoms with E-state index in [1.165, 1.54) is 16.4 Å². The molecule has 0 bridgehead atoms. The Morgan fingerprint density at radius 2 is 1.76 bits per heavy atom. The van der Waals surface area contributed by atoms with Crippen molar-refractivity contribution in [2.45, 2.75) is 31.8 Å². The van der Waals surface area contributed by atoms with Crippen LogP contribution < -0.4 is 5.32 Å². The lowest BCUT2D eigenvalue weighted by molar-refractivity contribution is 0.0990. The zero-order chi connectivity index (χ0) is 20.6. The van der Waals surface area contributed by atoms with Gasteiger partial charge in [-0.2, -0.15) is 9.40 Å². The third-order valence-corrected chi connectivity index (χ3v) is 6.59. The average molecular weight is 414 g/mol. The van der Waals surface area contributed by atoms with Gasteiger partial charge < -0.3 is 9.73 Å². The highest BCUT2D eigenvalue weighted by molar-refractivity contribution is 7.89. The largest absolute Gasteiger partial charge is 0.438 e. The summed E-state index contributed by atoms with van der Waals surface area (Å²) in [5.41, 5.74) is 2.65. The van der Waals surface area contributed by atoms with E-state index < -0.39 is 15.9 Å². The van der Waals surface area contributed by atoms with Crippen LogP contribution >= 0.6 is 0 Å². The van der Waals surface area contributed by atoms with E-state index in [2.05, 4.69) is 10.4 Å². The van der Waals surface area contributed by atoms with Crippen molar-refractivity contribution in [1.29, 1.82) is 0 Å². The summed E-state index contributed by atoms with van der Waals surface area (Å²) in [6.07, 6.45) is 1.66. The molecule has 0 aliphatic carbocycles. The van der Waals surface area contributed by atoms with Crippen molar-refractivity contribution in [2.24, 2.45) is 0 Å². The minimum atomic E-state index is -3.71. The number of furan rings is 1. The van der Waals surface area contributed by atoms with Gasteiger partial charge in [-0.05, 0) is 51.0 Å². The summed E-state index contributed by atoms with van der Waals surface area (Å²) in [4.78, 5) is 12.7. The standard InChI is InChI=1S/C20H22N4O4S/c1-14-5-7-16(8-6-14)24-18(13-15(2)22-24)21-20(25)17-9-10-19(28-17)29(26,27)23-11-3-4-12-23/h5-10,13H,3-4,11-12H2,1-2H3,(H,21,25). The number of carbonyl (C=O) groups excluding carboxylic acids is 1. The number of nitrogens with zero attached hydrogens (tertiary/aromatic N) is 3. The average Bonchev–Trinajstić information content (AvgIpc) is 3.43. The van der Waals surface area contributed by atoms with E-state index in [0.29, 0.717) is 18.9 Å². The van der Waals surface area contributed by atoms with Crippen molar-refractivity contribution in [2.75, 3.05) is 18.4 Å². The van der Waals surface area contributed by atoms with Crippen LogP contribution in [0.1, 0.15) is 34.7 Å². The van der Waals surface area contributed by atoms with Crippen LogP contribution in [0.4, 0.5) is 5.82 Å². The zero-order valence-electron chi connectivity index (χ0n) is 16.3. The first-order valence-corrected chi connectivity index (χ1v) is 10.8. The number of aryl methyl sites for hydroxylation is 2. The third kappa shape index (κ3) is 3.83. The molecular formula is C20H22N4O4S. The summed E-state index contributed by atoms with van der Waals surface area (Å²) < 4.78 is 33.6. The van der Waals surface area contributed by atoms with Gasteiger partial charge in [0.2, 0.25) is 5.09 Å². The molecule has 9 heteroatoms. The Labute approximate surface area is 169 Å². The summed E-state index contributed by atoms with van der Waals surface area (Å²) in [6.45, 7) is 4.76. The van der Waals surface area contributed by atoms with Gasteiger partial charge in [0.25, 0.3) is 15.9 Å². The van der Waals surface area contributed by atoms with Crippen LogP contribution in [0.25, 0.3) is 5.69 Å². The van der Waals surface area contributed by atoms with Crippen molar-refractivity contribution in [1.82, 2.24) is 14.1 Å². The minimum Gasteiger partial charge on any atom is -0.438 e. The van der Waals surface area contributed by atoms with Gasteiger partial charge in [-0.25, -0.2) is 13.1 Å². The molecule has 1 saturated heterocycles. The lowest BCUT2D eigenvalue weighted by Gasteiger charge is -2.12. The maximum atomic E-state index is 12.7. The van der Waals surface area contributed by atoms with Crippen LogP contribution in [0.2, 0.25) is 0 Å². The van der Waals surface area contributed by atoms with E-state index in [-0.39, 0.29) is 10.9 Å². The highest BCUT2D eigenvalue weighted by atomic mass is 32.2. The number of carbonyl (C=O) groups is 1. The molecule has 4 rings (SSSR count). The second-order valence-electron chi connectivity index (χ2n) is 7.10. The van der Waals surface area contributed by atoms with Crippen LogP contribution in [-0.4, -0.2) is 41.5 Å². The summed E-state index contributed by atoms with van der Waals surface area (Å²) in [7, 11) is -3.71. The van der Waals surface area contributed by atoms with Crippen molar-refractivity contribution >= 4 is 21.7 Å². The molecule has 152 valence electrons. The highest BCUT2D eigenvalue weighted by Crippen LogP contribution is 2.24. The molecule has 0 radical (unpaired) electrons. The SMILES string of the molecule is Cc1ccc(-n2nc(C)cc2NC(=O)c2ccc(S(=O)(=O)N3CCCC3)o2)cc1. The molecular weight excluding hydrogens is 392 g/mol. The van der Waals surface area contributed by atoms with Crippen molar-refractivity contribution < 1.29 is 17.6 Å². The Hall–Kier alpha value is -2.91. The lowest BCUT2D eigenvalue weighted by atomic mass is 10.2. The molecule has 2 aromatic heterocycles. The lowest BCUT2D eigenvalue weighted by Crippen LogP contribution is -2.27. The molecule has 1 aliphatic heterocycles. The fourth-order valence-corrected chi connectivity index (χ4v) is 4.71. The van der Waals surface area contributed by atoms with E-state index >= 15 is 0 Å². The van der Waals surface area contributed by atoms with E-state index in [1.807, 2.05) is 38.1 Å². The molecule has 1 fully saturated rings. The second-order valence-corrected chi connectivity index (χ2v) is 8.97. The van der Waals surface area contributed by atoms with Crippen LogP contribution in [0.3, 0.4) is 0 Å². The van der Waals surface area contributed by atoms with Crippen LogP contribution in [0.15, 0.2) is 52.0 Å². The number of amides is 1. The van der Waals surface area contributed by atoms with Crippen molar-refractivity contribution in [3.63, 3.8) is 0 Å². The molecule has 1 amide bonds. The minimum absolute atomic E-state index is 0.0721. The monoisotopic (exact) mass is 414 g/mol. The summed E-state index contributed by atoms with van der Waals surface area (Å²) >= 11 is 0. The van der Waals surface area contributed by atoms with Gasteiger partial charge in [0, 0.05) is 19.2 Å². The fourth-order valence-electron chi connectivity index (χ4n) is 3.29. The number of hydrogen-bond donors (Lipinski definition) is 1. The molecule has 3 aromatic rings. The molecule has 3 heterocycles. The van der Waals surface area contributed by atoms with E-state index in [0.717, 1.165) is 29.8 Å². The van der Waals surface area contributed by atoms with Gasteiger partial charge in [0.05, 0.1) is 11.4 Å². The molecule has 1 aliphatic rings. The van der Waals surface area contributed by atoms with Crippen molar-refractivity contribution in [3.05, 3.63) is 59.5 Å². The van der Waals surface area contributed by atoms with Gasteiger partial charge in [-0.15, -0.1) is 0 Å². The molecule has 1 N–H and O–H groups in total. The number of anilines is 1. The zero-order valence-corrected chi connectivity index (χ0v) is 17.1. The number of hydrogen-bond acceptors (Lipinski definition) is 5. The first-order chi connectivity index (χ1) is 13.8. The third-order valence-electron chi connectivity index (χ3n) is 4.82. The van der Waals surface area contributed by atoms with E-state index in [9.17, 15) is 13.2 Å². The second kappa shape index (κ2) is 7.49. The van der Waals surface area contributed by atoms with Crippen LogP contribution in [0.5, 0.6) is 0 Å². The molecule has 0 saturated carbocycles. The predicted octanol–water partition coefficient (Wildman–Crippen LogP) is 3.12. The Morgan fingerprint density at radius 1 is 1.07 bits per heavy atom. The van der Waals surface area contributed by atoms with Gasteiger partial charge in [0.15, 0.2) is 5.76 Å². The topological polar surface area (TPSA) is 97.4 Å². The van der Waals surface area contributed by atoms with Gasteiger partial charge in [-0.1, -0.05) is 17.7 Å². The smallest absolute Gasteiger partial charge is 0.292 e. The Kier molecular flexibility index (Phi) is 5.01. The van der Waals surface area contributed by atoms with Gasteiger partial charge >= 0.3 is 0 Å². The number of nitrogens with one attached hydrogen (secondary N) is 1. The number of benzene rings is 1. The quantitative estimate of drug-likeness (QED) is 0.692. The fraction of sp³-hybridized carbons (Fsp3) is 0.300. The van der Waals surface area contributed by atoms with E-state index in [4.69, 9.17) is 4.42 Å². The summed E-state index contributed by atoms with van der Waals surface area (Å²) in [5.74, 6) is -0.144. The number of sulfonamides is 1. The maximum absolute atomic E-state index is 12.7. The first-order valence-electron chi connectivity index (χ1n) is 9.40. The number of aromatic nitrogens is 2. The summed E-state index contributed by atoms with van der Waals surface area (Å²) in [5, 5.41) is 6.96. The normalized spacial score (nSPS) is 15.0. The molecule has 8 nitrogen and oxygen atoms in total. The Morgan fingerprint density at radius 3 is 2.45 bits per heavy atom. The van der Waals surface area contributed by atoms with Crippen molar-refractivity contribution in [3.8, 4) is 5.69 Å². The number of rotatable bonds is 5.